The highest BCUT2D eigenvalue weighted by Crippen LogP contribution is 2.15. The maximum atomic E-state index is 13.0. The van der Waals surface area contributed by atoms with Crippen molar-refractivity contribution in [3.8, 4) is 0 Å². The molecule has 9 nitrogen and oxygen atoms in total. The van der Waals surface area contributed by atoms with Gasteiger partial charge in [-0.15, -0.1) is 0 Å². The fourth-order valence-electron chi connectivity index (χ4n) is 3.00. The first kappa shape index (κ1) is 24.7. The van der Waals surface area contributed by atoms with Gasteiger partial charge >= 0.3 is 0 Å². The minimum atomic E-state index is -0.953. The number of halogens is 1. The average molecular weight is 459 g/mol. The van der Waals surface area contributed by atoms with Gasteiger partial charge in [-0.3, -0.25) is 19.4 Å². The molecule has 8 N–H and O–H groups in total. The molecule has 0 saturated heterocycles. The second kappa shape index (κ2) is 12.3. The van der Waals surface area contributed by atoms with Gasteiger partial charge in [-0.2, -0.15) is 0 Å². The molecule has 3 amide bonds. The van der Waals surface area contributed by atoms with Gasteiger partial charge in [0.15, 0.2) is 5.96 Å². The van der Waals surface area contributed by atoms with Gasteiger partial charge in [-0.1, -0.05) is 54.1 Å². The molecule has 0 saturated carbocycles. The number of primary amides is 1. The summed E-state index contributed by atoms with van der Waals surface area (Å²) < 4.78 is 0. The largest absolute Gasteiger partial charge is 0.370 e. The van der Waals surface area contributed by atoms with Crippen LogP contribution in [0.4, 0.5) is 0 Å². The van der Waals surface area contributed by atoms with E-state index in [1.807, 2.05) is 30.3 Å². The molecule has 2 atom stereocenters. The quantitative estimate of drug-likeness (QED) is 0.189. The number of hydrogen-bond acceptors (Lipinski definition) is 4. The molecule has 0 radical (unpaired) electrons. The van der Waals surface area contributed by atoms with E-state index in [2.05, 4.69) is 15.6 Å². The van der Waals surface area contributed by atoms with Gasteiger partial charge in [0.05, 0.1) is 10.6 Å². The molecule has 0 unspecified atom stereocenters. The second-order valence-electron chi connectivity index (χ2n) is 7.11. The number of guanidine groups is 1. The first-order valence-electron chi connectivity index (χ1n) is 10.0. The molecule has 2 aromatic carbocycles. The van der Waals surface area contributed by atoms with Crippen LogP contribution in [0.3, 0.4) is 0 Å². The van der Waals surface area contributed by atoms with Crippen molar-refractivity contribution in [1.29, 1.82) is 0 Å². The maximum Gasteiger partial charge on any atom is 0.253 e. The number of nitrogens with one attached hydrogen (secondary N) is 2. The van der Waals surface area contributed by atoms with E-state index in [9.17, 15) is 14.4 Å². The minimum Gasteiger partial charge on any atom is -0.370 e. The summed E-state index contributed by atoms with van der Waals surface area (Å²) in [4.78, 5) is 41.5. The molecule has 0 bridgehead atoms. The molecule has 0 aliphatic heterocycles. The van der Waals surface area contributed by atoms with Crippen LogP contribution in [0.15, 0.2) is 59.6 Å². The van der Waals surface area contributed by atoms with Crippen molar-refractivity contribution in [2.45, 2.75) is 31.3 Å². The molecule has 0 aliphatic carbocycles. The van der Waals surface area contributed by atoms with E-state index in [0.29, 0.717) is 6.42 Å². The number of carbonyl (C=O) groups excluding carboxylic acids is 3. The predicted molar refractivity (Wildman–Crippen MR) is 124 cm³/mol. The number of aliphatic imine (C=N–C) groups is 1. The van der Waals surface area contributed by atoms with Crippen molar-refractivity contribution in [3.63, 3.8) is 0 Å². The highest BCUT2D eigenvalue weighted by molar-refractivity contribution is 6.33. The van der Waals surface area contributed by atoms with Gasteiger partial charge in [0.1, 0.15) is 12.1 Å². The molecule has 0 heterocycles. The van der Waals surface area contributed by atoms with Gasteiger partial charge in [0.25, 0.3) is 5.91 Å². The van der Waals surface area contributed by atoms with E-state index in [1.54, 1.807) is 24.3 Å². The number of amides is 3. The van der Waals surface area contributed by atoms with Gasteiger partial charge in [0, 0.05) is 13.0 Å². The summed E-state index contributed by atoms with van der Waals surface area (Å²) in [5.74, 6) is -1.81. The third-order valence-electron chi connectivity index (χ3n) is 4.63. The van der Waals surface area contributed by atoms with E-state index >= 15 is 0 Å². The third-order valence-corrected chi connectivity index (χ3v) is 4.96. The zero-order valence-corrected chi connectivity index (χ0v) is 18.2. The number of carbonyl (C=O) groups is 3. The molecule has 2 aromatic rings. The number of hydrogen-bond donors (Lipinski definition) is 5. The van der Waals surface area contributed by atoms with E-state index in [-0.39, 0.29) is 35.9 Å². The first-order chi connectivity index (χ1) is 15.3. The Labute approximate surface area is 191 Å². The van der Waals surface area contributed by atoms with Crippen LogP contribution < -0.4 is 27.8 Å². The highest BCUT2D eigenvalue weighted by atomic mass is 35.5. The van der Waals surface area contributed by atoms with Crippen LogP contribution >= 0.6 is 11.6 Å². The summed E-state index contributed by atoms with van der Waals surface area (Å²) in [5.41, 5.74) is 17.2. The summed E-state index contributed by atoms with van der Waals surface area (Å²) in [6.45, 7) is 0.275. The van der Waals surface area contributed by atoms with Crippen LogP contribution in [0.5, 0.6) is 0 Å². The molecule has 10 heteroatoms. The normalized spacial score (nSPS) is 12.3. The van der Waals surface area contributed by atoms with Crippen molar-refractivity contribution in [2.24, 2.45) is 22.2 Å². The van der Waals surface area contributed by atoms with Gasteiger partial charge in [0.2, 0.25) is 11.8 Å². The Hall–Kier alpha value is -3.59. The Morgan fingerprint density at radius 2 is 1.56 bits per heavy atom. The molecular weight excluding hydrogens is 432 g/mol. The molecule has 0 aliphatic rings. The first-order valence-corrected chi connectivity index (χ1v) is 10.4. The minimum absolute atomic E-state index is 0.0669. The van der Waals surface area contributed by atoms with Crippen LogP contribution in [0, 0.1) is 0 Å². The van der Waals surface area contributed by atoms with Crippen LogP contribution in [0.1, 0.15) is 28.8 Å². The summed E-state index contributed by atoms with van der Waals surface area (Å²) in [7, 11) is 0. The highest BCUT2D eigenvalue weighted by Gasteiger charge is 2.26. The van der Waals surface area contributed by atoms with E-state index in [0.717, 1.165) is 5.56 Å². The third kappa shape index (κ3) is 7.92. The van der Waals surface area contributed by atoms with E-state index < -0.39 is 29.8 Å². The topological polar surface area (TPSA) is 166 Å². The lowest BCUT2D eigenvalue weighted by Crippen LogP contribution is -2.53. The van der Waals surface area contributed by atoms with E-state index in [1.165, 1.54) is 0 Å². The Kier molecular flexibility index (Phi) is 9.49. The molecule has 2 rings (SSSR count). The Balaban J connectivity index is 2.13. The molecule has 32 heavy (non-hydrogen) atoms. The smallest absolute Gasteiger partial charge is 0.253 e. The molecule has 0 spiro atoms. The van der Waals surface area contributed by atoms with Crippen LogP contribution in [-0.2, 0) is 16.0 Å². The van der Waals surface area contributed by atoms with Crippen LogP contribution in [-0.4, -0.2) is 42.3 Å². The van der Waals surface area contributed by atoms with Crippen molar-refractivity contribution in [1.82, 2.24) is 10.6 Å². The van der Waals surface area contributed by atoms with Crippen molar-refractivity contribution < 1.29 is 14.4 Å². The number of rotatable bonds is 11. The predicted octanol–water partition coefficient (Wildman–Crippen LogP) is 0.705. The standard InChI is InChI=1S/C22H27ClN6O3/c23-16-10-5-4-9-15(16)20(31)28-17(11-6-12-27-22(25)26)21(32)29-18(19(24)30)13-14-7-2-1-3-8-14/h1-5,7-10,17-18H,6,11-13H2,(H2,24,30)(H,28,31)(H,29,32)(H4,25,26,27)/t17-,18-/m0/s1. The number of nitrogens with two attached hydrogens (primary N) is 3. The van der Waals surface area contributed by atoms with Crippen LogP contribution in [0.25, 0.3) is 0 Å². The maximum absolute atomic E-state index is 13.0. The van der Waals surface area contributed by atoms with Gasteiger partial charge < -0.3 is 27.8 Å². The summed E-state index contributed by atoms with van der Waals surface area (Å²) >= 11 is 6.09. The summed E-state index contributed by atoms with van der Waals surface area (Å²) in [6, 6.07) is 13.7. The number of nitrogens with zero attached hydrogens (tertiary/aromatic N) is 1. The fraction of sp³-hybridized carbons (Fsp3) is 0.273. The Morgan fingerprint density at radius 1 is 0.906 bits per heavy atom. The van der Waals surface area contributed by atoms with Crippen molar-refractivity contribution in [2.75, 3.05) is 6.54 Å². The number of benzene rings is 2. The fourth-order valence-corrected chi connectivity index (χ4v) is 3.22. The molecule has 0 fully saturated rings. The van der Waals surface area contributed by atoms with E-state index in [4.69, 9.17) is 28.8 Å². The molecule has 0 aromatic heterocycles. The van der Waals surface area contributed by atoms with Gasteiger partial charge in [-0.25, -0.2) is 0 Å². The average Bonchev–Trinajstić information content (AvgIpc) is 2.76. The SMILES string of the molecule is NC(=O)[C@H](Cc1ccccc1)NC(=O)[C@H](CCCN=C(N)N)NC(=O)c1ccccc1Cl. The zero-order chi connectivity index (χ0) is 23.5. The lowest BCUT2D eigenvalue weighted by molar-refractivity contribution is -0.128. The molecule has 170 valence electrons. The monoisotopic (exact) mass is 458 g/mol. The van der Waals surface area contributed by atoms with Gasteiger partial charge in [-0.05, 0) is 30.5 Å². The Bertz CT molecular complexity index is 963. The lowest BCUT2D eigenvalue weighted by Gasteiger charge is -2.22. The summed E-state index contributed by atoms with van der Waals surface area (Å²) in [5, 5.41) is 5.56. The Morgan fingerprint density at radius 3 is 2.19 bits per heavy atom. The summed E-state index contributed by atoms with van der Waals surface area (Å²) in [6.07, 6.45) is 0.870. The van der Waals surface area contributed by atoms with Crippen molar-refractivity contribution in [3.05, 3.63) is 70.7 Å². The zero-order valence-electron chi connectivity index (χ0n) is 17.5. The molecular formula is C22H27ClN6O3. The van der Waals surface area contributed by atoms with Crippen LogP contribution in [0.2, 0.25) is 5.02 Å². The second-order valence-corrected chi connectivity index (χ2v) is 7.52. The van der Waals surface area contributed by atoms with Crippen molar-refractivity contribution >= 4 is 35.3 Å². The lowest BCUT2D eigenvalue weighted by atomic mass is 10.0.